The fourth-order valence-electron chi connectivity index (χ4n) is 2.15. The van der Waals surface area contributed by atoms with E-state index in [9.17, 15) is 4.79 Å². The molecule has 0 saturated heterocycles. The van der Waals surface area contributed by atoms with Crippen molar-refractivity contribution in [3.8, 4) is 0 Å². The average molecular weight is 209 g/mol. The van der Waals surface area contributed by atoms with Crippen LogP contribution < -0.4 is 0 Å². The molecule has 1 aliphatic carbocycles. The summed E-state index contributed by atoms with van der Waals surface area (Å²) in [5.74, 6) is 0.0175. The van der Waals surface area contributed by atoms with Gasteiger partial charge in [-0.15, -0.1) is 0 Å². The number of hydrogen-bond acceptors (Lipinski definition) is 2. The highest BCUT2D eigenvalue weighted by Crippen LogP contribution is 2.37. The number of benzene rings is 1. The van der Waals surface area contributed by atoms with Crippen molar-refractivity contribution in [2.75, 3.05) is 0 Å². The van der Waals surface area contributed by atoms with Crippen LogP contribution in [-0.2, 0) is 4.79 Å². The molecule has 0 N–H and O–H groups in total. The molecule has 2 aliphatic rings. The molecule has 0 bridgehead atoms. The van der Waals surface area contributed by atoms with Crippen LogP contribution in [0.1, 0.15) is 18.1 Å². The lowest BCUT2D eigenvalue weighted by Gasteiger charge is -2.08. The Bertz CT molecular complexity index is 603. The van der Waals surface area contributed by atoms with E-state index in [2.05, 4.69) is 11.1 Å². The van der Waals surface area contributed by atoms with Gasteiger partial charge >= 0.3 is 0 Å². The molecule has 2 heteroatoms. The third kappa shape index (κ3) is 1.20. The van der Waals surface area contributed by atoms with Gasteiger partial charge in [0.25, 0.3) is 0 Å². The number of allylic oxidation sites excluding steroid dienone is 4. The highest BCUT2D eigenvalue weighted by molar-refractivity contribution is 6.62. The molecular formula is C14H11NO. The van der Waals surface area contributed by atoms with Crippen molar-refractivity contribution in [2.24, 2.45) is 4.99 Å². The van der Waals surface area contributed by atoms with Gasteiger partial charge in [-0.1, -0.05) is 11.6 Å². The standard InChI is InChI=1S/C14H11NO/c1-8-3-4-12-10(5-8)11-6-9(2)7-13(16)14(11)15-12/h3-7H,1-2H3. The van der Waals surface area contributed by atoms with E-state index in [1.54, 1.807) is 6.08 Å². The maximum atomic E-state index is 11.8. The number of nitrogens with zero attached hydrogens (tertiary/aromatic N) is 1. The van der Waals surface area contributed by atoms with Gasteiger partial charge in [0.15, 0.2) is 0 Å². The first kappa shape index (κ1) is 9.28. The number of rotatable bonds is 0. The van der Waals surface area contributed by atoms with E-state index in [1.807, 2.05) is 32.1 Å². The van der Waals surface area contributed by atoms with E-state index in [-0.39, 0.29) is 5.78 Å². The number of carbonyl (C=O) groups excluding carboxylic acids is 1. The van der Waals surface area contributed by atoms with Gasteiger partial charge in [0.2, 0.25) is 5.78 Å². The quantitative estimate of drug-likeness (QED) is 0.604. The number of aryl methyl sites for hydroxylation is 1. The minimum atomic E-state index is 0.0175. The van der Waals surface area contributed by atoms with E-state index in [4.69, 9.17) is 0 Å². The van der Waals surface area contributed by atoms with Crippen molar-refractivity contribution in [3.63, 3.8) is 0 Å². The van der Waals surface area contributed by atoms with Gasteiger partial charge in [-0.05, 0) is 43.7 Å². The minimum Gasteiger partial charge on any atom is -0.288 e. The summed E-state index contributed by atoms with van der Waals surface area (Å²) in [6, 6.07) is 6.08. The summed E-state index contributed by atoms with van der Waals surface area (Å²) in [5, 5.41) is 0. The first-order valence-electron chi connectivity index (χ1n) is 5.29. The second-order valence-electron chi connectivity index (χ2n) is 4.29. The van der Waals surface area contributed by atoms with Crippen molar-refractivity contribution in [3.05, 3.63) is 47.1 Å². The monoisotopic (exact) mass is 209 g/mol. The minimum absolute atomic E-state index is 0.0175. The molecule has 0 fully saturated rings. The average Bonchev–Trinajstić information content (AvgIpc) is 2.57. The van der Waals surface area contributed by atoms with Crippen LogP contribution in [0.2, 0.25) is 0 Å². The van der Waals surface area contributed by atoms with Gasteiger partial charge in [-0.3, -0.25) is 4.79 Å². The zero-order chi connectivity index (χ0) is 11.3. The molecule has 1 aromatic carbocycles. The van der Waals surface area contributed by atoms with Crippen LogP contribution in [0, 0.1) is 6.92 Å². The second-order valence-corrected chi connectivity index (χ2v) is 4.29. The number of fused-ring (bicyclic) bond motifs is 3. The Morgan fingerprint density at radius 1 is 1.12 bits per heavy atom. The summed E-state index contributed by atoms with van der Waals surface area (Å²) in [6.07, 6.45) is 3.67. The zero-order valence-corrected chi connectivity index (χ0v) is 9.24. The van der Waals surface area contributed by atoms with E-state index in [0.717, 1.165) is 22.4 Å². The fourth-order valence-corrected chi connectivity index (χ4v) is 2.15. The Kier molecular flexibility index (Phi) is 1.75. The van der Waals surface area contributed by atoms with Crippen molar-refractivity contribution in [2.45, 2.75) is 13.8 Å². The zero-order valence-electron chi connectivity index (χ0n) is 9.24. The van der Waals surface area contributed by atoms with E-state index in [0.29, 0.717) is 5.71 Å². The largest absolute Gasteiger partial charge is 0.288 e. The predicted molar refractivity (Wildman–Crippen MR) is 65.0 cm³/mol. The van der Waals surface area contributed by atoms with Crippen molar-refractivity contribution < 1.29 is 4.79 Å². The molecule has 2 nitrogen and oxygen atoms in total. The number of hydrogen-bond donors (Lipinski definition) is 0. The molecule has 0 aromatic heterocycles. The summed E-state index contributed by atoms with van der Waals surface area (Å²) >= 11 is 0. The molecule has 0 spiro atoms. The Morgan fingerprint density at radius 3 is 2.75 bits per heavy atom. The number of aliphatic imine (C=N–C) groups is 1. The third-order valence-corrected chi connectivity index (χ3v) is 2.89. The summed E-state index contributed by atoms with van der Waals surface area (Å²) in [5.41, 5.74) is 5.73. The Balaban J connectivity index is 2.26. The summed E-state index contributed by atoms with van der Waals surface area (Å²) in [4.78, 5) is 16.2. The fraction of sp³-hybridized carbons (Fsp3) is 0.143. The van der Waals surface area contributed by atoms with Gasteiger partial charge in [-0.25, -0.2) is 4.99 Å². The van der Waals surface area contributed by atoms with Crippen molar-refractivity contribution in [1.82, 2.24) is 0 Å². The van der Waals surface area contributed by atoms with Gasteiger partial charge in [0, 0.05) is 11.1 Å². The first-order valence-corrected chi connectivity index (χ1v) is 5.29. The van der Waals surface area contributed by atoms with Crippen LogP contribution in [-0.4, -0.2) is 11.5 Å². The van der Waals surface area contributed by atoms with Crippen LogP contribution >= 0.6 is 0 Å². The molecule has 3 rings (SSSR count). The van der Waals surface area contributed by atoms with Crippen LogP contribution in [0.4, 0.5) is 5.69 Å². The topological polar surface area (TPSA) is 29.4 Å². The highest BCUT2D eigenvalue weighted by atomic mass is 16.1. The molecular weight excluding hydrogens is 198 g/mol. The van der Waals surface area contributed by atoms with E-state index in [1.165, 1.54) is 5.56 Å². The molecule has 78 valence electrons. The molecule has 0 unspecified atom stereocenters. The lowest BCUT2D eigenvalue weighted by molar-refractivity contribution is -0.108. The van der Waals surface area contributed by atoms with E-state index < -0.39 is 0 Å². The lowest BCUT2D eigenvalue weighted by atomic mass is 9.93. The van der Waals surface area contributed by atoms with Crippen LogP contribution in [0.25, 0.3) is 5.57 Å². The Morgan fingerprint density at radius 2 is 1.94 bits per heavy atom. The SMILES string of the molecule is CC1=CC(=O)C2=Nc3ccc(C)cc3C2=C1. The van der Waals surface area contributed by atoms with Gasteiger partial charge in [-0.2, -0.15) is 0 Å². The molecule has 0 amide bonds. The predicted octanol–water partition coefficient (Wildman–Crippen LogP) is 2.99. The summed E-state index contributed by atoms with van der Waals surface area (Å²) in [6.45, 7) is 3.99. The number of ketones is 1. The summed E-state index contributed by atoms with van der Waals surface area (Å²) in [7, 11) is 0. The molecule has 0 saturated carbocycles. The van der Waals surface area contributed by atoms with Gasteiger partial charge in [0.1, 0.15) is 5.71 Å². The first-order chi connectivity index (χ1) is 7.65. The molecule has 0 radical (unpaired) electrons. The summed E-state index contributed by atoms with van der Waals surface area (Å²) < 4.78 is 0. The van der Waals surface area contributed by atoms with Crippen LogP contribution in [0.3, 0.4) is 0 Å². The van der Waals surface area contributed by atoms with Crippen LogP contribution in [0.5, 0.6) is 0 Å². The van der Waals surface area contributed by atoms with Gasteiger partial charge < -0.3 is 0 Å². The van der Waals surface area contributed by atoms with E-state index >= 15 is 0 Å². The smallest absolute Gasteiger partial charge is 0.205 e. The molecule has 1 heterocycles. The molecule has 16 heavy (non-hydrogen) atoms. The maximum Gasteiger partial charge on any atom is 0.205 e. The van der Waals surface area contributed by atoms with Crippen molar-refractivity contribution in [1.29, 1.82) is 0 Å². The highest BCUT2D eigenvalue weighted by Gasteiger charge is 2.27. The number of carbonyl (C=O) groups is 1. The second kappa shape index (κ2) is 3.01. The Labute approximate surface area is 94.0 Å². The van der Waals surface area contributed by atoms with Crippen molar-refractivity contribution >= 4 is 22.8 Å². The maximum absolute atomic E-state index is 11.8. The normalized spacial score (nSPS) is 17.4. The lowest BCUT2D eigenvalue weighted by Crippen LogP contribution is -2.14. The van der Waals surface area contributed by atoms with Crippen LogP contribution in [0.15, 0.2) is 40.9 Å². The molecule has 1 aliphatic heterocycles. The molecule has 1 aromatic rings. The third-order valence-electron chi connectivity index (χ3n) is 2.89. The Hall–Kier alpha value is -1.96. The van der Waals surface area contributed by atoms with Gasteiger partial charge in [0.05, 0.1) is 5.69 Å². The molecule has 0 atom stereocenters.